The second-order valence-corrected chi connectivity index (χ2v) is 8.19. The van der Waals surface area contributed by atoms with Crippen molar-refractivity contribution in [1.82, 2.24) is 5.32 Å². The minimum absolute atomic E-state index is 0.563. The van der Waals surface area contributed by atoms with Crippen molar-refractivity contribution >= 4 is 6.21 Å². The molecule has 1 unspecified atom stereocenters. The number of allylic oxidation sites excluding steroid dienone is 2. The van der Waals surface area contributed by atoms with Gasteiger partial charge >= 0.3 is 0 Å². The molecule has 1 atom stereocenters. The maximum absolute atomic E-state index is 4.41. The molecular weight excluding hydrogens is 328 g/mol. The zero-order chi connectivity index (χ0) is 18.1. The lowest BCUT2D eigenvalue weighted by molar-refractivity contribution is 0.339. The second-order valence-electron chi connectivity index (χ2n) is 8.19. The summed E-state index contributed by atoms with van der Waals surface area (Å²) in [5.74, 6) is 1.86. The molecule has 138 valence electrons. The van der Waals surface area contributed by atoms with Gasteiger partial charge in [-0.15, -0.1) is 0 Å². The average molecular weight is 357 g/mol. The number of aliphatic imine (C=N–C) groups is 1. The molecule has 0 amide bonds. The molecule has 3 aliphatic carbocycles. The lowest BCUT2D eigenvalue weighted by Gasteiger charge is -2.45. The van der Waals surface area contributed by atoms with Crippen LogP contribution in [0.5, 0.6) is 0 Å². The van der Waals surface area contributed by atoms with Crippen molar-refractivity contribution in [3.05, 3.63) is 82.6 Å². The van der Waals surface area contributed by atoms with E-state index in [1.54, 1.807) is 22.3 Å². The Morgan fingerprint density at radius 1 is 0.889 bits per heavy atom. The van der Waals surface area contributed by atoms with Gasteiger partial charge in [0.25, 0.3) is 0 Å². The topological polar surface area (TPSA) is 24.4 Å². The highest BCUT2D eigenvalue weighted by Crippen LogP contribution is 2.55. The zero-order valence-corrected chi connectivity index (χ0v) is 15.9. The molecule has 2 heteroatoms. The maximum Gasteiger partial charge on any atom is 0.0363 e. The molecule has 0 fully saturated rings. The summed E-state index contributed by atoms with van der Waals surface area (Å²) in [4.78, 5) is 4.41. The number of benzene rings is 2. The van der Waals surface area contributed by atoms with E-state index in [9.17, 15) is 0 Å². The normalized spacial score (nSPS) is 24.6. The van der Waals surface area contributed by atoms with Gasteiger partial charge in [0.15, 0.2) is 0 Å². The van der Waals surface area contributed by atoms with Crippen LogP contribution in [-0.2, 0) is 0 Å². The summed E-state index contributed by atoms with van der Waals surface area (Å²) in [5.41, 5.74) is 7.58. The molecule has 1 N–H and O–H groups in total. The molecule has 0 saturated heterocycles. The predicted molar refractivity (Wildman–Crippen MR) is 113 cm³/mol. The fourth-order valence-electron chi connectivity index (χ4n) is 5.38. The fraction of sp³-hybridized carbons (Fsp3) is 0.400. The highest BCUT2D eigenvalue weighted by atomic mass is 14.9. The highest BCUT2D eigenvalue weighted by Gasteiger charge is 2.42. The van der Waals surface area contributed by atoms with Crippen LogP contribution in [0.15, 0.2) is 65.3 Å². The Labute approximate surface area is 162 Å². The Morgan fingerprint density at radius 3 is 2.26 bits per heavy atom. The minimum Gasteiger partial charge on any atom is -0.316 e. The Kier molecular flexibility index (Phi) is 4.67. The van der Waals surface area contributed by atoms with E-state index in [1.807, 2.05) is 6.21 Å². The lowest BCUT2D eigenvalue weighted by Crippen LogP contribution is -2.37. The standard InChI is InChI=1S/C25H28N2/c1-3-12-22-20(10-1)24-16-18(25(22)23-13-4-2-11-21(23)24)17-26-14-6-5-8-19-9-7-15-27-19/h1-4,9-13,15,18,24-26H,5-8,14,16-17H2. The molecule has 2 bridgehead atoms. The zero-order valence-electron chi connectivity index (χ0n) is 15.9. The first kappa shape index (κ1) is 16.9. The molecule has 2 nitrogen and oxygen atoms in total. The third kappa shape index (κ3) is 3.17. The summed E-state index contributed by atoms with van der Waals surface area (Å²) in [5, 5.41) is 3.77. The second kappa shape index (κ2) is 7.44. The van der Waals surface area contributed by atoms with Gasteiger partial charge in [-0.25, -0.2) is 0 Å². The molecule has 0 saturated carbocycles. The molecule has 27 heavy (non-hydrogen) atoms. The molecule has 4 aliphatic rings. The quantitative estimate of drug-likeness (QED) is 0.660. The van der Waals surface area contributed by atoms with Crippen LogP contribution in [0.2, 0.25) is 0 Å². The SMILES string of the molecule is C1=NC(CCCCNCC2CC3c4ccccc4C2c2ccccc23)=CC1. The van der Waals surface area contributed by atoms with E-state index in [-0.39, 0.29) is 0 Å². The lowest BCUT2D eigenvalue weighted by atomic mass is 9.59. The van der Waals surface area contributed by atoms with Gasteiger partial charge in [-0.3, -0.25) is 4.99 Å². The summed E-state index contributed by atoms with van der Waals surface area (Å²) in [6.45, 7) is 2.25. The minimum atomic E-state index is 0.563. The first-order chi connectivity index (χ1) is 13.4. The number of fused-ring (bicyclic) bond motifs is 1. The van der Waals surface area contributed by atoms with E-state index in [0.29, 0.717) is 17.8 Å². The van der Waals surface area contributed by atoms with Crippen LogP contribution in [0.4, 0.5) is 0 Å². The maximum atomic E-state index is 4.41. The monoisotopic (exact) mass is 356 g/mol. The van der Waals surface area contributed by atoms with Crippen LogP contribution in [0, 0.1) is 5.92 Å². The van der Waals surface area contributed by atoms with Crippen molar-refractivity contribution in [3.63, 3.8) is 0 Å². The van der Waals surface area contributed by atoms with Crippen molar-refractivity contribution in [2.24, 2.45) is 10.9 Å². The number of rotatable bonds is 7. The fourth-order valence-corrected chi connectivity index (χ4v) is 5.38. The smallest absolute Gasteiger partial charge is 0.0363 e. The summed E-state index contributed by atoms with van der Waals surface area (Å²) in [6.07, 6.45) is 10.2. The van der Waals surface area contributed by atoms with Crippen molar-refractivity contribution in [1.29, 1.82) is 0 Å². The average Bonchev–Trinajstić information content (AvgIpc) is 3.24. The summed E-state index contributed by atoms with van der Waals surface area (Å²) in [6, 6.07) is 18.3. The predicted octanol–water partition coefficient (Wildman–Crippen LogP) is 5.40. The van der Waals surface area contributed by atoms with Gasteiger partial charge in [-0.2, -0.15) is 0 Å². The molecule has 1 heterocycles. The highest BCUT2D eigenvalue weighted by molar-refractivity contribution is 5.64. The van der Waals surface area contributed by atoms with E-state index in [2.05, 4.69) is 64.9 Å². The Balaban J connectivity index is 1.22. The van der Waals surface area contributed by atoms with Crippen molar-refractivity contribution < 1.29 is 0 Å². The Bertz CT molecular complexity index is 832. The Hall–Kier alpha value is -2.19. The molecular formula is C25H28N2. The number of hydrogen-bond donors (Lipinski definition) is 1. The van der Waals surface area contributed by atoms with E-state index in [1.165, 1.54) is 25.0 Å². The van der Waals surface area contributed by atoms with Crippen molar-refractivity contribution in [2.45, 2.75) is 43.9 Å². The molecule has 2 aromatic carbocycles. The van der Waals surface area contributed by atoms with Gasteiger partial charge in [0.1, 0.15) is 0 Å². The van der Waals surface area contributed by atoms with Crippen LogP contribution in [0.25, 0.3) is 0 Å². The molecule has 1 aliphatic heterocycles. The Morgan fingerprint density at radius 2 is 1.59 bits per heavy atom. The third-order valence-corrected chi connectivity index (χ3v) is 6.58. The van der Waals surface area contributed by atoms with E-state index < -0.39 is 0 Å². The molecule has 0 aromatic heterocycles. The van der Waals surface area contributed by atoms with Crippen LogP contribution < -0.4 is 5.32 Å². The van der Waals surface area contributed by atoms with Gasteiger partial charge in [-0.05, 0) is 66.9 Å². The summed E-state index contributed by atoms with van der Waals surface area (Å²) < 4.78 is 0. The largest absolute Gasteiger partial charge is 0.316 e. The molecule has 0 radical (unpaired) electrons. The van der Waals surface area contributed by atoms with Crippen molar-refractivity contribution in [3.8, 4) is 0 Å². The van der Waals surface area contributed by atoms with Gasteiger partial charge in [0, 0.05) is 30.2 Å². The number of nitrogens with one attached hydrogen (secondary N) is 1. The van der Waals surface area contributed by atoms with Gasteiger partial charge in [0.2, 0.25) is 0 Å². The van der Waals surface area contributed by atoms with Gasteiger partial charge in [-0.1, -0.05) is 54.6 Å². The van der Waals surface area contributed by atoms with Gasteiger partial charge < -0.3 is 5.32 Å². The van der Waals surface area contributed by atoms with Crippen LogP contribution in [0.3, 0.4) is 0 Å². The first-order valence-electron chi connectivity index (χ1n) is 10.5. The third-order valence-electron chi connectivity index (χ3n) is 6.58. The molecule has 0 spiro atoms. The van der Waals surface area contributed by atoms with Crippen LogP contribution >= 0.6 is 0 Å². The van der Waals surface area contributed by atoms with Crippen LogP contribution in [-0.4, -0.2) is 19.3 Å². The van der Waals surface area contributed by atoms with Crippen LogP contribution in [0.1, 0.15) is 66.2 Å². The molecule has 2 aromatic rings. The van der Waals surface area contributed by atoms with E-state index >= 15 is 0 Å². The number of nitrogens with zero attached hydrogens (tertiary/aromatic N) is 1. The summed E-state index contributed by atoms with van der Waals surface area (Å²) in [7, 11) is 0. The molecule has 6 rings (SSSR count). The van der Waals surface area contributed by atoms with Crippen molar-refractivity contribution in [2.75, 3.05) is 13.1 Å². The number of unbranched alkanes of at least 4 members (excludes halogenated alkanes) is 1. The first-order valence-corrected chi connectivity index (χ1v) is 10.5. The van der Waals surface area contributed by atoms with E-state index in [4.69, 9.17) is 0 Å². The van der Waals surface area contributed by atoms with E-state index in [0.717, 1.165) is 25.9 Å². The summed E-state index contributed by atoms with van der Waals surface area (Å²) >= 11 is 0. The number of hydrogen-bond acceptors (Lipinski definition) is 2. The van der Waals surface area contributed by atoms with Gasteiger partial charge in [0.05, 0.1) is 0 Å².